The lowest BCUT2D eigenvalue weighted by Crippen LogP contribution is -2.62. The molecule has 0 saturated carbocycles. The average Bonchev–Trinajstić information content (AvgIpc) is 2.40. The van der Waals surface area contributed by atoms with Crippen LogP contribution in [0, 0.1) is 0 Å². The van der Waals surface area contributed by atoms with Gasteiger partial charge in [-0.3, -0.25) is 4.90 Å². The molecule has 1 saturated heterocycles. The third kappa shape index (κ3) is 3.06. The van der Waals surface area contributed by atoms with Crippen molar-refractivity contribution in [1.82, 2.24) is 20.2 Å². The van der Waals surface area contributed by atoms with Gasteiger partial charge in [-0.25, -0.2) is 9.97 Å². The van der Waals surface area contributed by atoms with Gasteiger partial charge in [-0.05, 0) is 25.8 Å². The second-order valence-corrected chi connectivity index (χ2v) is 5.43. The van der Waals surface area contributed by atoms with Gasteiger partial charge in [0.15, 0.2) is 0 Å². The molecule has 1 N–H and O–H groups in total. The van der Waals surface area contributed by atoms with Crippen LogP contribution in [0.15, 0.2) is 18.5 Å². The van der Waals surface area contributed by atoms with Gasteiger partial charge in [0.1, 0.15) is 5.82 Å². The quantitative estimate of drug-likeness (QED) is 0.882. The van der Waals surface area contributed by atoms with Crippen LogP contribution in [-0.4, -0.2) is 39.5 Å². The lowest BCUT2D eigenvalue weighted by molar-refractivity contribution is 0.0732. The highest BCUT2D eigenvalue weighted by Gasteiger charge is 2.33. The topological polar surface area (TPSA) is 41.0 Å². The highest BCUT2D eigenvalue weighted by Crippen LogP contribution is 2.21. The number of aromatic nitrogens is 2. The summed E-state index contributed by atoms with van der Waals surface area (Å²) in [7, 11) is 0. The fourth-order valence-corrected chi connectivity index (χ4v) is 2.54. The molecule has 2 unspecified atom stereocenters. The van der Waals surface area contributed by atoms with Gasteiger partial charge < -0.3 is 5.32 Å². The Morgan fingerprint density at radius 1 is 1.39 bits per heavy atom. The molecule has 0 spiro atoms. The Bertz CT molecular complexity index is 367. The maximum Gasteiger partial charge on any atom is 0.142 e. The monoisotopic (exact) mass is 248 g/mol. The number of nitrogens with one attached hydrogen (secondary N) is 1. The van der Waals surface area contributed by atoms with E-state index in [4.69, 9.17) is 0 Å². The van der Waals surface area contributed by atoms with Gasteiger partial charge in [0.2, 0.25) is 0 Å². The first-order chi connectivity index (χ1) is 8.67. The van der Waals surface area contributed by atoms with Crippen LogP contribution < -0.4 is 5.32 Å². The summed E-state index contributed by atoms with van der Waals surface area (Å²) in [5.41, 5.74) is 0.223. The van der Waals surface area contributed by atoms with Gasteiger partial charge in [0.05, 0.1) is 6.54 Å². The van der Waals surface area contributed by atoms with Crippen molar-refractivity contribution in [3.8, 4) is 0 Å². The van der Waals surface area contributed by atoms with Crippen molar-refractivity contribution in [2.24, 2.45) is 0 Å². The highest BCUT2D eigenvalue weighted by molar-refractivity contribution is 4.97. The first kappa shape index (κ1) is 13.4. The summed E-state index contributed by atoms with van der Waals surface area (Å²) in [5, 5.41) is 3.68. The SMILES string of the molecule is CCC1CNC(C)(CC)CN1Cc1ncccn1. The van der Waals surface area contributed by atoms with Crippen molar-refractivity contribution < 1.29 is 0 Å². The van der Waals surface area contributed by atoms with Crippen LogP contribution in [0.5, 0.6) is 0 Å². The molecule has 1 aromatic heterocycles. The first-order valence-electron chi connectivity index (χ1n) is 6.92. The molecule has 4 nitrogen and oxygen atoms in total. The minimum atomic E-state index is 0.223. The van der Waals surface area contributed by atoms with Gasteiger partial charge in [0, 0.05) is 37.1 Å². The molecule has 1 aromatic rings. The Balaban J connectivity index is 2.07. The standard InChI is InChI=1S/C14H24N4/c1-4-12-9-17-14(3,5-2)11-18(12)10-13-15-7-6-8-16-13/h6-8,12,17H,4-5,9-11H2,1-3H3. The molecule has 0 bridgehead atoms. The fraction of sp³-hybridized carbons (Fsp3) is 0.714. The number of nitrogens with zero attached hydrogens (tertiary/aromatic N) is 3. The van der Waals surface area contributed by atoms with E-state index >= 15 is 0 Å². The van der Waals surface area contributed by atoms with Gasteiger partial charge in [-0.1, -0.05) is 13.8 Å². The number of rotatable bonds is 4. The van der Waals surface area contributed by atoms with Crippen molar-refractivity contribution in [2.45, 2.75) is 51.7 Å². The summed E-state index contributed by atoms with van der Waals surface area (Å²) >= 11 is 0. The molecule has 100 valence electrons. The Morgan fingerprint density at radius 2 is 2.11 bits per heavy atom. The predicted octanol–water partition coefficient (Wildman–Crippen LogP) is 1.83. The molecule has 0 amide bonds. The number of piperazine rings is 1. The van der Waals surface area contributed by atoms with Crippen molar-refractivity contribution >= 4 is 0 Å². The lowest BCUT2D eigenvalue weighted by Gasteiger charge is -2.45. The molecule has 2 atom stereocenters. The van der Waals surface area contributed by atoms with E-state index in [2.05, 4.69) is 41.0 Å². The van der Waals surface area contributed by atoms with E-state index in [9.17, 15) is 0 Å². The summed E-state index contributed by atoms with van der Waals surface area (Å²) in [6.07, 6.45) is 5.96. The summed E-state index contributed by atoms with van der Waals surface area (Å²) < 4.78 is 0. The van der Waals surface area contributed by atoms with E-state index in [0.717, 1.165) is 31.9 Å². The van der Waals surface area contributed by atoms with Crippen LogP contribution in [0.1, 0.15) is 39.4 Å². The zero-order chi connectivity index (χ0) is 13.0. The zero-order valence-corrected chi connectivity index (χ0v) is 11.7. The minimum absolute atomic E-state index is 0.223. The minimum Gasteiger partial charge on any atom is -0.309 e. The molecular formula is C14H24N4. The summed E-state index contributed by atoms with van der Waals surface area (Å²) in [4.78, 5) is 11.2. The van der Waals surface area contributed by atoms with Crippen molar-refractivity contribution in [3.63, 3.8) is 0 Å². The van der Waals surface area contributed by atoms with Crippen molar-refractivity contribution in [1.29, 1.82) is 0 Å². The molecule has 2 rings (SSSR count). The van der Waals surface area contributed by atoms with Crippen molar-refractivity contribution in [2.75, 3.05) is 13.1 Å². The molecular weight excluding hydrogens is 224 g/mol. The molecule has 0 aliphatic carbocycles. The van der Waals surface area contributed by atoms with Crippen molar-refractivity contribution in [3.05, 3.63) is 24.3 Å². The summed E-state index contributed by atoms with van der Waals surface area (Å²) in [6, 6.07) is 2.46. The molecule has 0 radical (unpaired) electrons. The second-order valence-electron chi connectivity index (χ2n) is 5.43. The lowest BCUT2D eigenvalue weighted by atomic mass is 9.93. The van der Waals surface area contributed by atoms with Crippen LogP contribution in [0.3, 0.4) is 0 Å². The second kappa shape index (κ2) is 5.76. The van der Waals surface area contributed by atoms with Gasteiger partial charge in [0.25, 0.3) is 0 Å². The third-order valence-corrected chi connectivity index (χ3v) is 4.05. The Hall–Kier alpha value is -1.00. The molecule has 4 heteroatoms. The van der Waals surface area contributed by atoms with E-state index in [0.29, 0.717) is 6.04 Å². The molecule has 1 fully saturated rings. The van der Waals surface area contributed by atoms with Crippen LogP contribution >= 0.6 is 0 Å². The zero-order valence-electron chi connectivity index (χ0n) is 11.7. The van der Waals surface area contributed by atoms with E-state index in [-0.39, 0.29) is 5.54 Å². The molecule has 0 aromatic carbocycles. The van der Waals surface area contributed by atoms with Crippen LogP contribution in [-0.2, 0) is 6.54 Å². The predicted molar refractivity (Wildman–Crippen MR) is 73.2 cm³/mol. The molecule has 1 aliphatic heterocycles. The molecule has 18 heavy (non-hydrogen) atoms. The van der Waals surface area contributed by atoms with Crippen LogP contribution in [0.2, 0.25) is 0 Å². The molecule has 1 aliphatic rings. The smallest absolute Gasteiger partial charge is 0.142 e. The van der Waals surface area contributed by atoms with Gasteiger partial charge in [-0.2, -0.15) is 0 Å². The van der Waals surface area contributed by atoms with Crippen LogP contribution in [0.25, 0.3) is 0 Å². The highest BCUT2D eigenvalue weighted by atomic mass is 15.3. The first-order valence-corrected chi connectivity index (χ1v) is 6.92. The Kier molecular flexibility index (Phi) is 4.30. The van der Waals surface area contributed by atoms with E-state index in [1.54, 1.807) is 0 Å². The fourth-order valence-electron chi connectivity index (χ4n) is 2.54. The Labute approximate surface area is 110 Å². The van der Waals surface area contributed by atoms with E-state index in [1.807, 2.05) is 18.5 Å². The molecule has 2 heterocycles. The Morgan fingerprint density at radius 3 is 2.72 bits per heavy atom. The number of hydrogen-bond donors (Lipinski definition) is 1. The maximum absolute atomic E-state index is 4.34. The van der Waals surface area contributed by atoms with Gasteiger partial charge in [-0.15, -0.1) is 0 Å². The normalized spacial score (nSPS) is 29.4. The summed E-state index contributed by atoms with van der Waals surface area (Å²) in [5.74, 6) is 0.927. The number of hydrogen-bond acceptors (Lipinski definition) is 4. The van der Waals surface area contributed by atoms with E-state index in [1.165, 1.54) is 6.42 Å². The van der Waals surface area contributed by atoms with Gasteiger partial charge >= 0.3 is 0 Å². The summed E-state index contributed by atoms with van der Waals surface area (Å²) in [6.45, 7) is 9.79. The third-order valence-electron chi connectivity index (χ3n) is 4.05. The van der Waals surface area contributed by atoms with E-state index < -0.39 is 0 Å². The maximum atomic E-state index is 4.34. The van der Waals surface area contributed by atoms with Crippen LogP contribution in [0.4, 0.5) is 0 Å². The average molecular weight is 248 g/mol. The largest absolute Gasteiger partial charge is 0.309 e.